The second-order valence-corrected chi connectivity index (χ2v) is 6.60. The highest BCUT2D eigenvalue weighted by Gasteiger charge is 2.27. The van der Waals surface area contributed by atoms with E-state index in [1.165, 1.54) is 28.4 Å². The highest BCUT2D eigenvalue weighted by Crippen LogP contribution is 2.16. The molecular formula is C15H16FN5O2S. The van der Waals surface area contributed by atoms with Gasteiger partial charge in [-0.05, 0) is 24.6 Å². The van der Waals surface area contributed by atoms with Crippen LogP contribution >= 0.6 is 11.3 Å². The molecule has 1 N–H and O–H groups in total. The summed E-state index contributed by atoms with van der Waals surface area (Å²) in [5, 5.41) is 11.5. The fourth-order valence-corrected chi connectivity index (χ4v) is 2.96. The maximum absolute atomic E-state index is 12.9. The van der Waals surface area contributed by atoms with Gasteiger partial charge >= 0.3 is 6.03 Å². The number of nitrogens with one attached hydrogen (secondary N) is 1. The molecule has 2 heterocycles. The van der Waals surface area contributed by atoms with Crippen molar-refractivity contribution in [3.8, 4) is 0 Å². The lowest BCUT2D eigenvalue weighted by Gasteiger charge is -2.34. The maximum atomic E-state index is 12.9. The first-order valence-electron chi connectivity index (χ1n) is 7.39. The summed E-state index contributed by atoms with van der Waals surface area (Å²) in [5.74, 6) is -0.451. The molecule has 126 valence electrons. The van der Waals surface area contributed by atoms with Crippen LogP contribution in [0.3, 0.4) is 0 Å². The number of anilines is 1. The van der Waals surface area contributed by atoms with E-state index in [9.17, 15) is 14.0 Å². The molecule has 1 aliphatic heterocycles. The van der Waals surface area contributed by atoms with Crippen LogP contribution in [0.1, 0.15) is 10.6 Å². The molecule has 24 heavy (non-hydrogen) atoms. The Balaban J connectivity index is 1.55. The van der Waals surface area contributed by atoms with Gasteiger partial charge in [-0.3, -0.25) is 10.1 Å². The minimum Gasteiger partial charge on any atom is -0.335 e. The predicted octanol–water partition coefficient (Wildman–Crippen LogP) is 1.86. The second kappa shape index (κ2) is 6.91. The first-order chi connectivity index (χ1) is 11.5. The second-order valence-electron chi connectivity index (χ2n) is 5.42. The summed E-state index contributed by atoms with van der Waals surface area (Å²) in [6.07, 6.45) is 0. The Hall–Kier alpha value is -2.55. The zero-order valence-corrected chi connectivity index (χ0v) is 13.8. The number of rotatable bonds is 3. The molecule has 0 spiro atoms. The van der Waals surface area contributed by atoms with E-state index in [0.29, 0.717) is 24.8 Å². The normalized spacial score (nSPS) is 14.8. The molecule has 0 unspecified atom stereocenters. The third-order valence-corrected chi connectivity index (χ3v) is 4.39. The van der Waals surface area contributed by atoms with Crippen LogP contribution in [0.25, 0.3) is 0 Å². The van der Waals surface area contributed by atoms with E-state index in [0.717, 1.165) is 10.6 Å². The van der Waals surface area contributed by atoms with E-state index in [-0.39, 0.29) is 24.3 Å². The molecule has 3 amide bonds. The van der Waals surface area contributed by atoms with E-state index >= 15 is 0 Å². The van der Waals surface area contributed by atoms with Gasteiger partial charge in [-0.1, -0.05) is 23.5 Å². The van der Waals surface area contributed by atoms with Gasteiger partial charge in [0.1, 0.15) is 17.4 Å². The van der Waals surface area contributed by atoms with Crippen LogP contribution in [0.2, 0.25) is 0 Å². The van der Waals surface area contributed by atoms with Crippen LogP contribution in [0, 0.1) is 12.7 Å². The van der Waals surface area contributed by atoms with Gasteiger partial charge in [-0.15, -0.1) is 10.2 Å². The van der Waals surface area contributed by atoms with E-state index in [4.69, 9.17) is 0 Å². The SMILES string of the molecule is Cc1nnc(NC(=O)N2CCN(Cc3ccc(F)cc3)C(=O)C2)s1. The maximum Gasteiger partial charge on any atom is 0.324 e. The van der Waals surface area contributed by atoms with Gasteiger partial charge in [0.15, 0.2) is 0 Å². The van der Waals surface area contributed by atoms with E-state index < -0.39 is 0 Å². The number of hydrogen-bond donors (Lipinski definition) is 1. The highest BCUT2D eigenvalue weighted by atomic mass is 32.1. The van der Waals surface area contributed by atoms with E-state index in [1.807, 2.05) is 0 Å². The number of amides is 3. The summed E-state index contributed by atoms with van der Waals surface area (Å²) in [5.41, 5.74) is 0.854. The van der Waals surface area contributed by atoms with Gasteiger partial charge in [0.25, 0.3) is 0 Å². The minimum atomic E-state index is -0.360. The molecule has 1 fully saturated rings. The highest BCUT2D eigenvalue weighted by molar-refractivity contribution is 7.15. The zero-order valence-electron chi connectivity index (χ0n) is 13.0. The zero-order chi connectivity index (χ0) is 17.1. The van der Waals surface area contributed by atoms with Crippen molar-refractivity contribution in [1.29, 1.82) is 0 Å². The van der Waals surface area contributed by atoms with Crippen LogP contribution in [0.5, 0.6) is 0 Å². The predicted molar refractivity (Wildman–Crippen MR) is 87.1 cm³/mol. The van der Waals surface area contributed by atoms with Gasteiger partial charge in [0.05, 0.1) is 0 Å². The number of nitrogens with zero attached hydrogens (tertiary/aromatic N) is 4. The summed E-state index contributed by atoms with van der Waals surface area (Å²) in [7, 11) is 0. The summed E-state index contributed by atoms with van der Waals surface area (Å²) < 4.78 is 12.9. The van der Waals surface area contributed by atoms with Crippen molar-refractivity contribution in [2.45, 2.75) is 13.5 Å². The lowest BCUT2D eigenvalue weighted by atomic mass is 10.2. The smallest absolute Gasteiger partial charge is 0.324 e. The topological polar surface area (TPSA) is 78.4 Å². The van der Waals surface area contributed by atoms with Crippen LogP contribution in [-0.2, 0) is 11.3 Å². The van der Waals surface area contributed by atoms with Gasteiger partial charge in [0, 0.05) is 19.6 Å². The molecule has 9 heteroatoms. The lowest BCUT2D eigenvalue weighted by Crippen LogP contribution is -2.52. The first kappa shape index (κ1) is 16.3. The van der Waals surface area contributed by atoms with Gasteiger partial charge in [-0.25, -0.2) is 9.18 Å². The summed E-state index contributed by atoms with van der Waals surface area (Å²) in [4.78, 5) is 27.5. The van der Waals surface area contributed by atoms with E-state index in [2.05, 4.69) is 15.5 Å². The number of hydrogen-bond acceptors (Lipinski definition) is 5. The molecule has 0 bridgehead atoms. The average molecular weight is 349 g/mol. The first-order valence-corrected chi connectivity index (χ1v) is 8.21. The monoisotopic (exact) mass is 349 g/mol. The van der Waals surface area contributed by atoms with Crippen molar-refractivity contribution in [3.05, 3.63) is 40.7 Å². The Kier molecular flexibility index (Phi) is 4.70. The van der Waals surface area contributed by atoms with E-state index in [1.54, 1.807) is 24.0 Å². The van der Waals surface area contributed by atoms with Crippen LogP contribution in [0.15, 0.2) is 24.3 Å². The van der Waals surface area contributed by atoms with Crippen LogP contribution < -0.4 is 5.32 Å². The number of piperazine rings is 1. The van der Waals surface area contributed by atoms with Gasteiger partial charge in [-0.2, -0.15) is 0 Å². The molecular weight excluding hydrogens is 333 g/mol. The third kappa shape index (κ3) is 3.85. The van der Waals surface area contributed by atoms with Crippen molar-refractivity contribution in [1.82, 2.24) is 20.0 Å². The van der Waals surface area contributed by atoms with Crippen LogP contribution in [0.4, 0.5) is 14.3 Å². The molecule has 0 atom stereocenters. The molecule has 0 saturated carbocycles. The molecule has 7 nitrogen and oxygen atoms in total. The minimum absolute atomic E-state index is 0.00478. The Bertz CT molecular complexity index is 749. The lowest BCUT2D eigenvalue weighted by molar-refractivity contribution is -0.135. The van der Waals surface area contributed by atoms with Crippen molar-refractivity contribution in [3.63, 3.8) is 0 Å². The number of carbonyl (C=O) groups is 2. The largest absolute Gasteiger partial charge is 0.335 e. The molecule has 2 aromatic rings. The number of urea groups is 1. The summed E-state index contributed by atoms with van der Waals surface area (Å²) in [6, 6.07) is 5.68. The number of aromatic nitrogens is 2. The van der Waals surface area contributed by atoms with Gasteiger partial charge < -0.3 is 9.80 Å². The Labute approximate surface area is 142 Å². The number of halogens is 1. The molecule has 1 aliphatic rings. The summed E-state index contributed by atoms with van der Waals surface area (Å²) >= 11 is 1.28. The standard InChI is InChI=1S/C15H16FN5O2S/c1-10-18-19-14(24-10)17-15(23)21-7-6-20(13(22)9-21)8-11-2-4-12(16)5-3-11/h2-5H,6-9H2,1H3,(H,17,19,23). The summed E-state index contributed by atoms with van der Waals surface area (Å²) in [6.45, 7) is 3.06. The Morgan fingerprint density at radius 2 is 2.04 bits per heavy atom. The Morgan fingerprint density at radius 3 is 2.67 bits per heavy atom. The molecule has 0 aliphatic carbocycles. The van der Waals surface area contributed by atoms with Crippen molar-refractivity contribution in [2.75, 3.05) is 25.0 Å². The van der Waals surface area contributed by atoms with Crippen molar-refractivity contribution in [2.24, 2.45) is 0 Å². The molecule has 3 rings (SSSR count). The fourth-order valence-electron chi connectivity index (χ4n) is 2.38. The third-order valence-electron chi connectivity index (χ3n) is 3.63. The molecule has 1 saturated heterocycles. The fraction of sp³-hybridized carbons (Fsp3) is 0.333. The number of benzene rings is 1. The number of carbonyl (C=O) groups excluding carboxylic acids is 2. The quantitative estimate of drug-likeness (QED) is 0.917. The van der Waals surface area contributed by atoms with Crippen LogP contribution in [-0.4, -0.2) is 51.6 Å². The van der Waals surface area contributed by atoms with Crippen molar-refractivity contribution < 1.29 is 14.0 Å². The molecule has 1 aromatic heterocycles. The molecule has 0 radical (unpaired) electrons. The Morgan fingerprint density at radius 1 is 1.29 bits per heavy atom. The number of aryl methyl sites for hydroxylation is 1. The average Bonchev–Trinajstić information content (AvgIpc) is 2.96. The van der Waals surface area contributed by atoms with Gasteiger partial charge in [0.2, 0.25) is 11.0 Å². The molecule has 1 aromatic carbocycles. The van der Waals surface area contributed by atoms with Crippen molar-refractivity contribution >= 4 is 28.4 Å².